The molecule has 3 heterocycles. The van der Waals surface area contributed by atoms with Gasteiger partial charge in [-0.15, -0.1) is 0 Å². The first kappa shape index (κ1) is 17.9. The van der Waals surface area contributed by atoms with Gasteiger partial charge in [-0.1, -0.05) is 6.07 Å². The molecule has 0 saturated carbocycles. The quantitative estimate of drug-likeness (QED) is 0.404. The fraction of sp³-hybridized carbons (Fsp3) is 0.0870. The molecule has 5 rings (SSSR count). The van der Waals surface area contributed by atoms with Gasteiger partial charge in [-0.3, -0.25) is 4.98 Å². The maximum atomic E-state index is 11.5. The molecule has 3 aromatic heterocycles. The van der Waals surface area contributed by atoms with Crippen LogP contribution < -0.4 is 10.2 Å². The molecule has 148 valence electrons. The van der Waals surface area contributed by atoms with Crippen molar-refractivity contribution in [2.75, 3.05) is 24.3 Å². The number of hydrogen-bond acceptors (Lipinski definition) is 5. The smallest absolute Gasteiger partial charge is 0.335 e. The van der Waals surface area contributed by atoms with Gasteiger partial charge in [0.05, 0.1) is 16.6 Å². The number of aromatic amines is 1. The summed E-state index contributed by atoms with van der Waals surface area (Å²) in [7, 11) is 3.99. The van der Waals surface area contributed by atoms with E-state index in [0.29, 0.717) is 11.3 Å². The highest BCUT2D eigenvalue weighted by Gasteiger charge is 2.16. The molecular formula is C23H19N5O2. The van der Waals surface area contributed by atoms with E-state index in [2.05, 4.69) is 15.3 Å². The van der Waals surface area contributed by atoms with Crippen LogP contribution in [0.25, 0.3) is 32.7 Å². The summed E-state index contributed by atoms with van der Waals surface area (Å²) >= 11 is 0. The van der Waals surface area contributed by atoms with Gasteiger partial charge in [-0.2, -0.15) is 0 Å². The topological polar surface area (TPSA) is 94.1 Å². The molecule has 0 bridgehead atoms. The molecule has 0 saturated heterocycles. The molecule has 5 aromatic rings. The number of nitrogens with one attached hydrogen (secondary N) is 2. The fourth-order valence-corrected chi connectivity index (χ4v) is 3.71. The molecular weight excluding hydrogens is 378 g/mol. The molecule has 0 radical (unpaired) electrons. The molecule has 7 heteroatoms. The number of aromatic carboxylic acids is 1. The summed E-state index contributed by atoms with van der Waals surface area (Å²) in [6.45, 7) is 0. The van der Waals surface area contributed by atoms with E-state index in [9.17, 15) is 9.90 Å². The molecule has 0 aliphatic heterocycles. The third-order valence-electron chi connectivity index (χ3n) is 5.23. The van der Waals surface area contributed by atoms with Crippen LogP contribution in [0.5, 0.6) is 0 Å². The van der Waals surface area contributed by atoms with Crippen LogP contribution in [0.15, 0.2) is 60.9 Å². The molecule has 0 unspecified atom stereocenters. The molecule has 0 atom stereocenters. The van der Waals surface area contributed by atoms with Crippen molar-refractivity contribution in [3.8, 4) is 0 Å². The van der Waals surface area contributed by atoms with Crippen LogP contribution in [0.4, 0.5) is 17.2 Å². The van der Waals surface area contributed by atoms with Gasteiger partial charge >= 0.3 is 5.97 Å². The zero-order chi connectivity index (χ0) is 20.8. The van der Waals surface area contributed by atoms with Gasteiger partial charge in [0.25, 0.3) is 0 Å². The van der Waals surface area contributed by atoms with E-state index in [1.807, 2.05) is 61.6 Å². The Hall–Kier alpha value is -4.13. The SMILES string of the molecule is CN(C)c1ccc(Nc2nc3cc(C(=O)O)ccc3c3c2[nH]c2ccncc23)cc1. The number of aromatic nitrogens is 3. The van der Waals surface area contributed by atoms with Crippen LogP contribution in [0.1, 0.15) is 10.4 Å². The molecule has 2 aromatic carbocycles. The van der Waals surface area contributed by atoms with Crippen molar-refractivity contribution in [3.63, 3.8) is 0 Å². The van der Waals surface area contributed by atoms with Crippen molar-refractivity contribution in [1.29, 1.82) is 0 Å². The number of benzene rings is 2. The summed E-state index contributed by atoms with van der Waals surface area (Å²) in [6.07, 6.45) is 3.55. The summed E-state index contributed by atoms with van der Waals surface area (Å²) in [4.78, 5) is 26.0. The van der Waals surface area contributed by atoms with E-state index < -0.39 is 5.97 Å². The predicted octanol–water partition coefficient (Wildman–Crippen LogP) is 4.77. The Balaban J connectivity index is 1.75. The molecule has 7 nitrogen and oxygen atoms in total. The molecule has 0 aliphatic rings. The van der Waals surface area contributed by atoms with Gasteiger partial charge in [0.2, 0.25) is 0 Å². The normalized spacial score (nSPS) is 11.3. The van der Waals surface area contributed by atoms with Crippen LogP contribution in [0, 0.1) is 0 Å². The van der Waals surface area contributed by atoms with Crippen LogP contribution >= 0.6 is 0 Å². The summed E-state index contributed by atoms with van der Waals surface area (Å²) < 4.78 is 0. The fourth-order valence-electron chi connectivity index (χ4n) is 3.71. The minimum absolute atomic E-state index is 0.202. The Morgan fingerprint density at radius 1 is 1.07 bits per heavy atom. The number of carbonyl (C=O) groups is 1. The Kier molecular flexibility index (Phi) is 4.03. The zero-order valence-corrected chi connectivity index (χ0v) is 16.5. The number of anilines is 3. The summed E-state index contributed by atoms with van der Waals surface area (Å²) in [5.74, 6) is -0.345. The third-order valence-corrected chi connectivity index (χ3v) is 5.23. The van der Waals surface area contributed by atoms with Crippen molar-refractivity contribution in [3.05, 3.63) is 66.5 Å². The minimum atomic E-state index is -0.979. The van der Waals surface area contributed by atoms with Crippen LogP contribution in [-0.4, -0.2) is 40.1 Å². The van der Waals surface area contributed by atoms with Crippen LogP contribution in [0.2, 0.25) is 0 Å². The third kappa shape index (κ3) is 2.88. The highest BCUT2D eigenvalue weighted by Crippen LogP contribution is 2.36. The summed E-state index contributed by atoms with van der Waals surface area (Å²) in [5.41, 5.74) is 4.60. The number of H-pyrrole nitrogens is 1. The molecule has 0 aliphatic carbocycles. The summed E-state index contributed by atoms with van der Waals surface area (Å²) in [5, 5.41) is 15.6. The highest BCUT2D eigenvalue weighted by molar-refractivity contribution is 6.22. The van der Waals surface area contributed by atoms with Crippen LogP contribution in [-0.2, 0) is 0 Å². The number of carboxylic acids is 1. The lowest BCUT2D eigenvalue weighted by Gasteiger charge is -2.14. The number of fused-ring (bicyclic) bond motifs is 5. The molecule has 30 heavy (non-hydrogen) atoms. The lowest BCUT2D eigenvalue weighted by atomic mass is 10.1. The lowest BCUT2D eigenvalue weighted by molar-refractivity contribution is 0.0697. The first-order valence-electron chi connectivity index (χ1n) is 9.48. The van der Waals surface area contributed by atoms with E-state index in [4.69, 9.17) is 4.98 Å². The maximum Gasteiger partial charge on any atom is 0.335 e. The highest BCUT2D eigenvalue weighted by atomic mass is 16.4. The van der Waals surface area contributed by atoms with E-state index in [-0.39, 0.29) is 5.56 Å². The standard InChI is InChI=1S/C23H19N5O2/c1-28(2)15-6-4-14(5-7-15)25-22-21-20(17-12-24-10-9-18(17)26-21)16-8-3-13(23(29)30)11-19(16)27-22/h3-12,26H,1-2H3,(H,25,27)(H,29,30). The molecule has 0 fully saturated rings. The number of nitrogens with zero attached hydrogens (tertiary/aromatic N) is 3. The maximum absolute atomic E-state index is 11.5. The first-order valence-corrected chi connectivity index (χ1v) is 9.48. The zero-order valence-electron chi connectivity index (χ0n) is 16.5. The van der Waals surface area contributed by atoms with Gasteiger partial charge in [-0.25, -0.2) is 9.78 Å². The second-order valence-corrected chi connectivity index (χ2v) is 7.36. The Bertz CT molecular complexity index is 1420. The first-order chi connectivity index (χ1) is 14.5. The Morgan fingerprint density at radius 3 is 2.60 bits per heavy atom. The van der Waals surface area contributed by atoms with Crippen molar-refractivity contribution < 1.29 is 9.90 Å². The van der Waals surface area contributed by atoms with Crippen molar-refractivity contribution in [1.82, 2.24) is 15.0 Å². The average molecular weight is 397 g/mol. The molecule has 0 amide bonds. The van der Waals surface area contributed by atoms with Gasteiger partial charge in [0, 0.05) is 59.5 Å². The second-order valence-electron chi connectivity index (χ2n) is 7.36. The number of rotatable bonds is 4. The average Bonchev–Trinajstić information content (AvgIpc) is 3.14. The monoisotopic (exact) mass is 397 g/mol. The van der Waals surface area contributed by atoms with E-state index in [0.717, 1.165) is 38.6 Å². The van der Waals surface area contributed by atoms with Crippen molar-refractivity contribution >= 4 is 55.9 Å². The molecule has 0 spiro atoms. The van der Waals surface area contributed by atoms with E-state index in [1.165, 1.54) is 0 Å². The van der Waals surface area contributed by atoms with Crippen molar-refractivity contribution in [2.24, 2.45) is 0 Å². The molecule has 3 N–H and O–H groups in total. The van der Waals surface area contributed by atoms with Gasteiger partial charge in [0.15, 0.2) is 5.82 Å². The van der Waals surface area contributed by atoms with Gasteiger partial charge in [0.1, 0.15) is 0 Å². The van der Waals surface area contributed by atoms with Gasteiger partial charge < -0.3 is 20.3 Å². The van der Waals surface area contributed by atoms with Crippen molar-refractivity contribution in [2.45, 2.75) is 0 Å². The number of pyridine rings is 2. The minimum Gasteiger partial charge on any atom is -0.478 e. The Labute approximate surface area is 172 Å². The number of carboxylic acid groups (broad SMARTS) is 1. The predicted molar refractivity (Wildman–Crippen MR) is 120 cm³/mol. The largest absolute Gasteiger partial charge is 0.478 e. The second kappa shape index (κ2) is 6.73. The van der Waals surface area contributed by atoms with E-state index >= 15 is 0 Å². The number of hydrogen-bond donors (Lipinski definition) is 3. The van der Waals surface area contributed by atoms with Gasteiger partial charge in [-0.05, 0) is 42.5 Å². The lowest BCUT2D eigenvalue weighted by Crippen LogP contribution is -2.08. The summed E-state index contributed by atoms with van der Waals surface area (Å²) in [6, 6.07) is 15.0. The Morgan fingerprint density at radius 2 is 1.87 bits per heavy atom. The van der Waals surface area contributed by atoms with E-state index in [1.54, 1.807) is 18.3 Å². The van der Waals surface area contributed by atoms with Crippen LogP contribution in [0.3, 0.4) is 0 Å².